The van der Waals surface area contributed by atoms with Gasteiger partial charge in [0, 0.05) is 5.56 Å². The minimum Gasteiger partial charge on any atom is -0.414 e. The number of ketones is 1. The number of aromatic nitrogens is 2. The summed E-state index contributed by atoms with van der Waals surface area (Å²) in [5, 5.41) is 8.74. The highest BCUT2D eigenvalue weighted by Gasteiger charge is 2.16. The van der Waals surface area contributed by atoms with Crippen LogP contribution in [0, 0.1) is 11.3 Å². The highest BCUT2D eigenvalue weighted by atomic mass is 35.5. The summed E-state index contributed by atoms with van der Waals surface area (Å²) in [6.07, 6.45) is 3.63. The fourth-order valence-corrected chi connectivity index (χ4v) is 2.59. The van der Waals surface area contributed by atoms with E-state index in [4.69, 9.17) is 16.7 Å². The molecule has 0 spiro atoms. The van der Waals surface area contributed by atoms with Crippen molar-refractivity contribution in [1.82, 2.24) is 4.57 Å². The van der Waals surface area contributed by atoms with Crippen LogP contribution in [0.3, 0.4) is 0 Å². The van der Waals surface area contributed by atoms with Crippen LogP contribution >= 0.6 is 11.5 Å². The fourth-order valence-electron chi connectivity index (χ4n) is 2.15. The number of nitriles is 1. The van der Waals surface area contributed by atoms with E-state index in [1.54, 1.807) is 24.3 Å². The number of benzene rings is 1. The fraction of sp³-hybridized carbons (Fsp3) is 0.214. The summed E-state index contributed by atoms with van der Waals surface area (Å²) in [4.78, 5) is 12.2. The number of carbonyl (C=O) groups excluding carboxylic acids is 1. The van der Waals surface area contributed by atoms with Crippen LogP contribution in [-0.2, 0) is 14.1 Å². The van der Waals surface area contributed by atoms with E-state index in [0.29, 0.717) is 11.1 Å². The Bertz CT molecular complexity index is 653. The number of carbonyl (C=O) groups is 1. The molecule has 4 nitrogen and oxygen atoms in total. The molecule has 1 heterocycles. The van der Waals surface area contributed by atoms with Crippen LogP contribution in [0.1, 0.15) is 15.9 Å². The van der Waals surface area contributed by atoms with Crippen LogP contribution in [0.5, 0.6) is 0 Å². The molecule has 1 aromatic carbocycles. The zero-order valence-electron chi connectivity index (χ0n) is 11.4. The summed E-state index contributed by atoms with van der Waals surface area (Å²) in [7, 11) is 3.80. The summed E-state index contributed by atoms with van der Waals surface area (Å²) in [5.41, 5.74) is 2.00. The van der Waals surface area contributed by atoms with Crippen molar-refractivity contribution in [1.29, 1.82) is 5.26 Å². The summed E-state index contributed by atoms with van der Waals surface area (Å²) in [5.74, 6) is -0.0318. The van der Waals surface area contributed by atoms with E-state index in [1.165, 1.54) is 0 Å². The van der Waals surface area contributed by atoms with Gasteiger partial charge in [0.1, 0.15) is 24.3 Å². The van der Waals surface area contributed by atoms with Crippen LogP contribution in [0.2, 0.25) is 6.32 Å². The van der Waals surface area contributed by atoms with E-state index in [0.717, 1.165) is 5.72 Å². The van der Waals surface area contributed by atoms with E-state index in [9.17, 15) is 4.79 Å². The number of halogens is 1. The lowest BCUT2D eigenvalue weighted by molar-refractivity contribution is -0.653. The van der Waals surface area contributed by atoms with Gasteiger partial charge in [-0.15, -0.1) is 6.32 Å². The van der Waals surface area contributed by atoms with Crippen molar-refractivity contribution in [2.24, 2.45) is 14.1 Å². The smallest absolute Gasteiger partial charge is 0.127 e. The molecular formula is C14H14BClN3O. The van der Waals surface area contributed by atoms with Gasteiger partial charge in [-0.1, -0.05) is 12.1 Å². The number of hydrogen-bond acceptors (Lipinski definition) is 2. The highest BCUT2D eigenvalue weighted by Crippen LogP contribution is 2.09. The summed E-state index contributed by atoms with van der Waals surface area (Å²) >= 11 is 6.35. The van der Waals surface area contributed by atoms with Crippen molar-refractivity contribution in [3.8, 4) is 6.07 Å². The largest absolute Gasteiger partial charge is 0.414 e. The van der Waals surface area contributed by atoms with E-state index in [2.05, 4.69) is 0 Å². The molecule has 1 radical (unpaired) electrons. The van der Waals surface area contributed by atoms with Crippen LogP contribution in [0.15, 0.2) is 36.7 Å². The molecule has 1 aromatic heterocycles. The summed E-state index contributed by atoms with van der Waals surface area (Å²) in [6.45, 7) is 0. The Morgan fingerprint density at radius 3 is 2.60 bits per heavy atom. The molecule has 6 heteroatoms. The maximum absolute atomic E-state index is 12.2. The Morgan fingerprint density at radius 2 is 2.10 bits per heavy atom. The molecule has 0 aliphatic rings. The normalized spacial score (nSPS) is 10.6. The van der Waals surface area contributed by atoms with Crippen molar-refractivity contribution in [2.45, 2.75) is 6.32 Å². The van der Waals surface area contributed by atoms with Gasteiger partial charge < -0.3 is 11.5 Å². The molecule has 0 N–H and O–H groups in total. The lowest BCUT2D eigenvalue weighted by Gasteiger charge is -2.15. The van der Waals surface area contributed by atoms with Gasteiger partial charge in [0.25, 0.3) is 0 Å². The standard InChI is InChI=1S/C14H14BClN3O/c1-18-7-8-19(2)14(18)15(16)9-13(20)12-5-3-11(10-17)4-6-12/h3-8H,9H2,1-2H3. The number of rotatable bonds is 4. The molecule has 20 heavy (non-hydrogen) atoms. The zero-order valence-corrected chi connectivity index (χ0v) is 12.1. The predicted molar refractivity (Wildman–Crippen MR) is 78.1 cm³/mol. The van der Waals surface area contributed by atoms with Crippen molar-refractivity contribution in [3.63, 3.8) is 0 Å². The maximum atomic E-state index is 12.2. The van der Waals surface area contributed by atoms with Crippen molar-refractivity contribution in [2.75, 3.05) is 0 Å². The number of nitrogens with zero attached hydrogens (tertiary/aromatic N) is 3. The monoisotopic (exact) mass is 286 g/mol. The van der Waals surface area contributed by atoms with Gasteiger partial charge in [0.2, 0.25) is 0 Å². The first-order chi connectivity index (χ1) is 9.52. The third kappa shape index (κ3) is 2.92. The quantitative estimate of drug-likeness (QED) is 0.479. The predicted octanol–water partition coefficient (Wildman–Crippen LogP) is 1.04. The average molecular weight is 287 g/mol. The van der Waals surface area contributed by atoms with Gasteiger partial charge >= 0.3 is 0 Å². The minimum absolute atomic E-state index is 0.0318. The van der Waals surface area contributed by atoms with E-state index >= 15 is 0 Å². The maximum Gasteiger partial charge on any atom is 0.127 e. The zero-order chi connectivity index (χ0) is 14.7. The van der Waals surface area contributed by atoms with Gasteiger partial charge in [0.15, 0.2) is 0 Å². The molecule has 0 bridgehead atoms. The highest BCUT2D eigenvalue weighted by molar-refractivity contribution is 7.14. The van der Waals surface area contributed by atoms with E-state index in [-0.39, 0.29) is 18.2 Å². The number of aryl methyl sites for hydroxylation is 2. The number of Topliss-reactive ketones (excluding diaryl/α,β-unsaturated/α-hetero) is 1. The molecule has 0 saturated carbocycles. The molecule has 0 amide bonds. The average Bonchev–Trinajstić information content (AvgIpc) is 2.78. The lowest BCUT2D eigenvalue weighted by atomic mass is 9.68. The second-order valence-corrected chi connectivity index (χ2v) is 5.19. The van der Waals surface area contributed by atoms with Gasteiger partial charge in [-0.2, -0.15) is 5.26 Å². The van der Waals surface area contributed by atoms with Crippen LogP contribution < -0.4 is 10.3 Å². The first-order valence-electron chi connectivity index (χ1n) is 6.21. The third-order valence-electron chi connectivity index (χ3n) is 3.22. The lowest BCUT2D eigenvalue weighted by Crippen LogP contribution is -2.53. The SMILES string of the molecule is Cn1cc[n+](C)c1[B-](Cl)CC(=O)c1ccc(C#N)cc1. The van der Waals surface area contributed by atoms with Crippen LogP contribution in [0.25, 0.3) is 0 Å². The van der Waals surface area contributed by atoms with Gasteiger partial charge in [0.05, 0.1) is 31.5 Å². The second kappa shape index (κ2) is 5.93. The molecule has 2 aromatic rings. The Labute approximate surface area is 123 Å². The van der Waals surface area contributed by atoms with Gasteiger partial charge in [-0.25, -0.2) is 0 Å². The van der Waals surface area contributed by atoms with E-state index < -0.39 is 0 Å². The Hall–Kier alpha value is -2.06. The Morgan fingerprint density at radius 1 is 1.45 bits per heavy atom. The van der Waals surface area contributed by atoms with E-state index in [1.807, 2.05) is 41.7 Å². The second-order valence-electron chi connectivity index (χ2n) is 4.66. The summed E-state index contributed by atoms with van der Waals surface area (Å²) in [6, 6.07) is 8.63. The topological polar surface area (TPSA) is 49.7 Å². The van der Waals surface area contributed by atoms with Crippen molar-refractivity contribution < 1.29 is 9.36 Å². The number of imidazole rings is 1. The minimum atomic E-state index is -0.386. The molecule has 2 rings (SSSR count). The van der Waals surface area contributed by atoms with Crippen molar-refractivity contribution >= 4 is 29.1 Å². The Kier molecular flexibility index (Phi) is 4.26. The number of hydrogen-bond donors (Lipinski definition) is 0. The third-order valence-corrected chi connectivity index (χ3v) is 3.57. The molecule has 0 aliphatic carbocycles. The van der Waals surface area contributed by atoms with Gasteiger partial charge in [-0.05, 0) is 12.1 Å². The molecule has 0 atom stereocenters. The van der Waals surface area contributed by atoms with Crippen LogP contribution in [0.4, 0.5) is 0 Å². The first-order valence-corrected chi connectivity index (χ1v) is 6.65. The molecule has 0 aliphatic heterocycles. The van der Waals surface area contributed by atoms with Crippen molar-refractivity contribution in [3.05, 3.63) is 47.8 Å². The molecule has 101 valence electrons. The van der Waals surface area contributed by atoms with Gasteiger partial charge in [-0.3, -0.25) is 13.9 Å². The molecule has 0 unspecified atom stereocenters. The summed E-state index contributed by atoms with van der Waals surface area (Å²) < 4.78 is 3.81. The molecule has 0 fully saturated rings. The first kappa shape index (κ1) is 14.4. The van der Waals surface area contributed by atoms with Crippen LogP contribution in [-0.4, -0.2) is 16.5 Å². The Balaban J connectivity index is 2.13. The molecule has 0 saturated heterocycles. The molecular weight excluding hydrogens is 272 g/mol.